The molecule has 1 aromatic heterocycles. The lowest BCUT2D eigenvalue weighted by molar-refractivity contribution is 0.148. The van der Waals surface area contributed by atoms with E-state index < -0.39 is 0 Å². The van der Waals surface area contributed by atoms with Crippen LogP contribution < -0.4 is 0 Å². The highest BCUT2D eigenvalue weighted by Crippen LogP contribution is 2.28. The molecule has 0 bridgehead atoms. The molecule has 2 aromatic rings. The van der Waals surface area contributed by atoms with Gasteiger partial charge in [-0.2, -0.15) is 0 Å². The first-order valence-electron chi connectivity index (χ1n) is 7.75. The number of hydrogen-bond acceptors (Lipinski definition) is 2. The van der Waals surface area contributed by atoms with Crippen molar-refractivity contribution in [2.75, 3.05) is 33.2 Å². The Bertz CT molecular complexity index is 624. The SMILES string of the molecule is CC(C)n1cc(CN2CCN(C)CC2)c2cccc(F)c21. The predicted molar refractivity (Wildman–Crippen MR) is 85.1 cm³/mol. The molecule has 0 atom stereocenters. The van der Waals surface area contributed by atoms with Gasteiger partial charge in [-0.15, -0.1) is 0 Å². The van der Waals surface area contributed by atoms with Gasteiger partial charge >= 0.3 is 0 Å². The average molecular weight is 289 g/mol. The van der Waals surface area contributed by atoms with E-state index in [0.29, 0.717) is 0 Å². The Hall–Kier alpha value is -1.39. The molecule has 0 aliphatic carbocycles. The molecule has 0 spiro atoms. The van der Waals surface area contributed by atoms with E-state index in [1.807, 2.05) is 12.1 Å². The Morgan fingerprint density at radius 1 is 1.14 bits per heavy atom. The molecular weight excluding hydrogens is 265 g/mol. The summed E-state index contributed by atoms with van der Waals surface area (Å²) >= 11 is 0. The van der Waals surface area contributed by atoms with Crippen molar-refractivity contribution in [2.45, 2.75) is 26.4 Å². The minimum atomic E-state index is -0.120. The van der Waals surface area contributed by atoms with Crippen LogP contribution in [0.15, 0.2) is 24.4 Å². The molecule has 4 heteroatoms. The van der Waals surface area contributed by atoms with Crippen LogP contribution in [0.1, 0.15) is 25.5 Å². The second-order valence-electron chi connectivity index (χ2n) is 6.37. The number of piperazine rings is 1. The molecule has 1 aliphatic rings. The fourth-order valence-electron chi connectivity index (χ4n) is 3.12. The van der Waals surface area contributed by atoms with Crippen molar-refractivity contribution in [3.8, 4) is 0 Å². The van der Waals surface area contributed by atoms with Gasteiger partial charge in [0.1, 0.15) is 5.82 Å². The summed E-state index contributed by atoms with van der Waals surface area (Å²) in [4.78, 5) is 4.82. The zero-order chi connectivity index (χ0) is 15.0. The molecular formula is C17H24FN3. The summed E-state index contributed by atoms with van der Waals surface area (Å²) in [6.07, 6.45) is 2.14. The summed E-state index contributed by atoms with van der Waals surface area (Å²) < 4.78 is 16.3. The second kappa shape index (κ2) is 5.78. The summed E-state index contributed by atoms with van der Waals surface area (Å²) in [5, 5.41) is 1.06. The zero-order valence-electron chi connectivity index (χ0n) is 13.1. The summed E-state index contributed by atoms with van der Waals surface area (Å²) in [5.74, 6) is -0.120. The van der Waals surface area contributed by atoms with Gasteiger partial charge in [-0.05, 0) is 32.5 Å². The van der Waals surface area contributed by atoms with Crippen LogP contribution in [0.4, 0.5) is 4.39 Å². The van der Waals surface area contributed by atoms with Crippen LogP contribution in [0.3, 0.4) is 0 Å². The first-order chi connectivity index (χ1) is 10.1. The smallest absolute Gasteiger partial charge is 0.147 e. The number of nitrogens with zero attached hydrogens (tertiary/aromatic N) is 3. The summed E-state index contributed by atoms with van der Waals surface area (Å²) in [5.41, 5.74) is 1.99. The number of halogens is 1. The van der Waals surface area contributed by atoms with Crippen molar-refractivity contribution in [3.05, 3.63) is 35.8 Å². The molecule has 1 fully saturated rings. The quantitative estimate of drug-likeness (QED) is 0.860. The first-order valence-corrected chi connectivity index (χ1v) is 7.75. The molecule has 21 heavy (non-hydrogen) atoms. The van der Waals surface area contributed by atoms with E-state index in [2.05, 4.69) is 41.5 Å². The Kier molecular flexibility index (Phi) is 4.00. The van der Waals surface area contributed by atoms with Gasteiger partial charge in [0.2, 0.25) is 0 Å². The molecule has 0 N–H and O–H groups in total. The highest BCUT2D eigenvalue weighted by Gasteiger charge is 2.18. The van der Waals surface area contributed by atoms with Crippen LogP contribution in [0, 0.1) is 5.82 Å². The molecule has 1 aromatic carbocycles. The molecule has 114 valence electrons. The Morgan fingerprint density at radius 3 is 2.52 bits per heavy atom. The van der Waals surface area contributed by atoms with Crippen molar-refractivity contribution in [2.24, 2.45) is 0 Å². The third-order valence-electron chi connectivity index (χ3n) is 4.43. The first kappa shape index (κ1) is 14.5. The fraction of sp³-hybridized carbons (Fsp3) is 0.529. The lowest BCUT2D eigenvalue weighted by Gasteiger charge is -2.32. The topological polar surface area (TPSA) is 11.4 Å². The lowest BCUT2D eigenvalue weighted by atomic mass is 10.1. The van der Waals surface area contributed by atoms with E-state index in [4.69, 9.17) is 0 Å². The van der Waals surface area contributed by atoms with Crippen LogP contribution in [0.5, 0.6) is 0 Å². The lowest BCUT2D eigenvalue weighted by Crippen LogP contribution is -2.43. The molecule has 0 amide bonds. The van der Waals surface area contributed by atoms with Gasteiger partial charge in [-0.25, -0.2) is 4.39 Å². The zero-order valence-corrected chi connectivity index (χ0v) is 13.1. The molecule has 1 aliphatic heterocycles. The van der Waals surface area contributed by atoms with Gasteiger partial charge in [0.15, 0.2) is 0 Å². The number of fused-ring (bicyclic) bond motifs is 1. The van der Waals surface area contributed by atoms with Crippen molar-refractivity contribution in [3.63, 3.8) is 0 Å². The van der Waals surface area contributed by atoms with E-state index in [0.717, 1.165) is 43.6 Å². The van der Waals surface area contributed by atoms with E-state index in [1.165, 1.54) is 5.56 Å². The molecule has 3 nitrogen and oxygen atoms in total. The Labute approximate surface area is 125 Å². The Morgan fingerprint density at radius 2 is 1.86 bits per heavy atom. The minimum Gasteiger partial charge on any atom is -0.342 e. The summed E-state index contributed by atoms with van der Waals surface area (Å²) in [6.45, 7) is 9.50. The van der Waals surface area contributed by atoms with Crippen molar-refractivity contribution in [1.82, 2.24) is 14.4 Å². The van der Waals surface area contributed by atoms with Gasteiger partial charge in [-0.3, -0.25) is 4.90 Å². The van der Waals surface area contributed by atoms with Crippen LogP contribution in [0.25, 0.3) is 10.9 Å². The third-order valence-corrected chi connectivity index (χ3v) is 4.43. The molecule has 0 radical (unpaired) electrons. The fourth-order valence-corrected chi connectivity index (χ4v) is 3.12. The van der Waals surface area contributed by atoms with Gasteiger partial charge in [-0.1, -0.05) is 12.1 Å². The van der Waals surface area contributed by atoms with E-state index in [9.17, 15) is 4.39 Å². The van der Waals surface area contributed by atoms with Gasteiger partial charge in [0, 0.05) is 50.3 Å². The van der Waals surface area contributed by atoms with Crippen molar-refractivity contribution >= 4 is 10.9 Å². The number of likely N-dealkylation sites (N-methyl/N-ethyl adjacent to an activating group) is 1. The molecule has 2 heterocycles. The standard InChI is InChI=1S/C17H24FN3/c1-13(2)21-12-14(11-20-9-7-19(3)8-10-20)15-5-4-6-16(18)17(15)21/h4-6,12-13H,7-11H2,1-3H3. The molecule has 0 saturated carbocycles. The van der Waals surface area contributed by atoms with Gasteiger partial charge in [0.25, 0.3) is 0 Å². The highest BCUT2D eigenvalue weighted by molar-refractivity contribution is 5.84. The Balaban J connectivity index is 1.93. The third kappa shape index (κ3) is 2.83. The van der Waals surface area contributed by atoms with E-state index in [1.54, 1.807) is 6.07 Å². The normalized spacial score (nSPS) is 18.0. The maximum Gasteiger partial charge on any atom is 0.147 e. The average Bonchev–Trinajstić information content (AvgIpc) is 2.82. The summed E-state index contributed by atoms with van der Waals surface area (Å²) in [6, 6.07) is 5.69. The largest absolute Gasteiger partial charge is 0.342 e. The monoisotopic (exact) mass is 289 g/mol. The predicted octanol–water partition coefficient (Wildman–Crippen LogP) is 3.11. The minimum absolute atomic E-state index is 0.120. The molecule has 3 rings (SSSR count). The number of aromatic nitrogens is 1. The van der Waals surface area contributed by atoms with E-state index in [-0.39, 0.29) is 11.9 Å². The number of benzene rings is 1. The number of hydrogen-bond donors (Lipinski definition) is 0. The van der Waals surface area contributed by atoms with Crippen LogP contribution >= 0.6 is 0 Å². The molecule has 0 unspecified atom stereocenters. The van der Waals surface area contributed by atoms with Crippen molar-refractivity contribution < 1.29 is 4.39 Å². The number of rotatable bonds is 3. The van der Waals surface area contributed by atoms with Crippen LogP contribution in [-0.2, 0) is 6.54 Å². The van der Waals surface area contributed by atoms with Crippen molar-refractivity contribution in [1.29, 1.82) is 0 Å². The van der Waals surface area contributed by atoms with Crippen LogP contribution in [0.2, 0.25) is 0 Å². The molecule has 1 saturated heterocycles. The number of para-hydroxylation sites is 1. The van der Waals surface area contributed by atoms with Gasteiger partial charge in [0.05, 0.1) is 5.52 Å². The maximum absolute atomic E-state index is 14.2. The van der Waals surface area contributed by atoms with E-state index >= 15 is 0 Å². The van der Waals surface area contributed by atoms with Crippen LogP contribution in [-0.4, -0.2) is 47.6 Å². The summed E-state index contributed by atoms with van der Waals surface area (Å²) in [7, 11) is 2.16. The second-order valence-corrected chi connectivity index (χ2v) is 6.37. The highest BCUT2D eigenvalue weighted by atomic mass is 19.1. The maximum atomic E-state index is 14.2. The van der Waals surface area contributed by atoms with Gasteiger partial charge < -0.3 is 9.47 Å².